The van der Waals surface area contributed by atoms with E-state index >= 15 is 0 Å². The van der Waals surface area contributed by atoms with Gasteiger partial charge in [0.05, 0.1) is 16.8 Å². The van der Waals surface area contributed by atoms with Crippen molar-refractivity contribution in [1.82, 2.24) is 9.97 Å². The van der Waals surface area contributed by atoms with E-state index in [2.05, 4.69) is 15.3 Å². The Morgan fingerprint density at radius 3 is 2.56 bits per heavy atom. The Labute approximate surface area is 106 Å². The standard InChI is InChI=1S/C11H7ClFN3O2/c12-8-3-10(15-5-7(8)11(17)18)16-9-2-1-6(13)4-14-9/h1-5H,(H,17,18)(H,14,15,16). The summed E-state index contributed by atoms with van der Waals surface area (Å²) in [5.74, 6) is -0.904. The fourth-order valence-corrected chi connectivity index (χ4v) is 1.47. The lowest BCUT2D eigenvalue weighted by Crippen LogP contribution is -2.01. The smallest absolute Gasteiger partial charge is 0.338 e. The molecule has 0 unspecified atom stereocenters. The summed E-state index contributed by atoms with van der Waals surface area (Å²) in [6.07, 6.45) is 2.19. The fraction of sp³-hybridized carbons (Fsp3) is 0. The molecule has 5 nitrogen and oxygen atoms in total. The molecule has 18 heavy (non-hydrogen) atoms. The molecule has 0 saturated carbocycles. The summed E-state index contributed by atoms with van der Waals surface area (Å²) in [7, 11) is 0. The predicted molar refractivity (Wildman–Crippen MR) is 63.7 cm³/mol. The highest BCUT2D eigenvalue weighted by Crippen LogP contribution is 2.20. The molecule has 0 saturated heterocycles. The number of pyridine rings is 2. The van der Waals surface area contributed by atoms with Gasteiger partial charge >= 0.3 is 5.97 Å². The number of aromatic carboxylic acids is 1. The molecular weight excluding hydrogens is 261 g/mol. The zero-order valence-electron chi connectivity index (χ0n) is 8.89. The van der Waals surface area contributed by atoms with Gasteiger partial charge in [-0.15, -0.1) is 0 Å². The number of carboxylic acid groups (broad SMARTS) is 1. The van der Waals surface area contributed by atoms with Crippen LogP contribution >= 0.6 is 11.6 Å². The number of halogens is 2. The Hall–Kier alpha value is -2.21. The lowest BCUT2D eigenvalue weighted by molar-refractivity contribution is 0.0696. The Morgan fingerprint density at radius 2 is 2.00 bits per heavy atom. The van der Waals surface area contributed by atoms with Gasteiger partial charge in [0.2, 0.25) is 0 Å². The molecule has 7 heteroatoms. The van der Waals surface area contributed by atoms with Gasteiger partial charge in [-0.25, -0.2) is 19.2 Å². The average molecular weight is 268 g/mol. The molecule has 2 heterocycles. The molecule has 0 fully saturated rings. The molecule has 0 amide bonds. The quantitative estimate of drug-likeness (QED) is 0.894. The molecule has 0 aromatic carbocycles. The highest BCUT2D eigenvalue weighted by molar-refractivity contribution is 6.33. The van der Waals surface area contributed by atoms with E-state index in [0.29, 0.717) is 11.6 Å². The number of hydrogen-bond acceptors (Lipinski definition) is 4. The van der Waals surface area contributed by atoms with Crippen LogP contribution in [0.4, 0.5) is 16.0 Å². The minimum Gasteiger partial charge on any atom is -0.478 e. The van der Waals surface area contributed by atoms with Crippen molar-refractivity contribution in [2.24, 2.45) is 0 Å². The van der Waals surface area contributed by atoms with Crippen LogP contribution in [0.25, 0.3) is 0 Å². The number of aromatic nitrogens is 2. The van der Waals surface area contributed by atoms with Gasteiger partial charge in [-0.05, 0) is 12.1 Å². The van der Waals surface area contributed by atoms with Crippen LogP contribution in [0, 0.1) is 5.82 Å². The van der Waals surface area contributed by atoms with Crippen molar-refractivity contribution in [3.63, 3.8) is 0 Å². The van der Waals surface area contributed by atoms with Crippen LogP contribution in [-0.2, 0) is 0 Å². The van der Waals surface area contributed by atoms with Gasteiger partial charge in [-0.3, -0.25) is 0 Å². The number of carbonyl (C=O) groups is 1. The van der Waals surface area contributed by atoms with Crippen molar-refractivity contribution >= 4 is 29.2 Å². The first-order chi connectivity index (χ1) is 8.56. The fourth-order valence-electron chi connectivity index (χ4n) is 1.24. The van der Waals surface area contributed by atoms with Gasteiger partial charge in [0.15, 0.2) is 0 Å². The van der Waals surface area contributed by atoms with Gasteiger partial charge in [0.25, 0.3) is 0 Å². The second-order valence-electron chi connectivity index (χ2n) is 3.34. The zero-order valence-corrected chi connectivity index (χ0v) is 9.65. The Kier molecular flexibility index (Phi) is 3.38. The van der Waals surface area contributed by atoms with E-state index in [1.165, 1.54) is 18.2 Å². The van der Waals surface area contributed by atoms with E-state index in [0.717, 1.165) is 12.4 Å². The maximum Gasteiger partial charge on any atom is 0.338 e. The van der Waals surface area contributed by atoms with Gasteiger partial charge in [-0.1, -0.05) is 11.6 Å². The molecule has 2 N–H and O–H groups in total. The summed E-state index contributed by atoms with van der Waals surface area (Å²) in [5.41, 5.74) is -0.0886. The normalized spacial score (nSPS) is 10.1. The topological polar surface area (TPSA) is 75.1 Å². The van der Waals surface area contributed by atoms with Crippen molar-refractivity contribution in [2.75, 3.05) is 5.32 Å². The van der Waals surface area contributed by atoms with Crippen LogP contribution in [-0.4, -0.2) is 21.0 Å². The first-order valence-electron chi connectivity index (χ1n) is 4.83. The maximum atomic E-state index is 12.6. The van der Waals surface area contributed by atoms with Gasteiger partial charge in [0.1, 0.15) is 17.5 Å². The number of hydrogen-bond donors (Lipinski definition) is 2. The van der Waals surface area contributed by atoms with Crippen molar-refractivity contribution in [3.05, 3.63) is 47.0 Å². The molecule has 0 aliphatic carbocycles. The Morgan fingerprint density at radius 1 is 1.28 bits per heavy atom. The summed E-state index contributed by atoms with van der Waals surface area (Å²) in [4.78, 5) is 18.4. The maximum absolute atomic E-state index is 12.6. The number of nitrogens with zero attached hydrogens (tertiary/aromatic N) is 2. The van der Waals surface area contributed by atoms with E-state index in [1.807, 2.05) is 0 Å². The van der Waals surface area contributed by atoms with Crippen LogP contribution in [0.1, 0.15) is 10.4 Å². The van der Waals surface area contributed by atoms with E-state index in [4.69, 9.17) is 16.7 Å². The third-order valence-corrected chi connectivity index (χ3v) is 2.38. The summed E-state index contributed by atoms with van der Waals surface area (Å²) >= 11 is 5.77. The summed E-state index contributed by atoms with van der Waals surface area (Å²) in [6, 6.07) is 4.02. The highest BCUT2D eigenvalue weighted by atomic mass is 35.5. The van der Waals surface area contributed by atoms with E-state index in [-0.39, 0.29) is 10.6 Å². The zero-order chi connectivity index (χ0) is 13.1. The molecule has 92 valence electrons. The summed E-state index contributed by atoms with van der Waals surface area (Å²) in [6.45, 7) is 0. The molecule has 0 bridgehead atoms. The Bertz CT molecular complexity index is 589. The minimum absolute atomic E-state index is 0.0575. The molecule has 0 radical (unpaired) electrons. The molecule has 2 rings (SSSR count). The second-order valence-corrected chi connectivity index (χ2v) is 3.75. The largest absolute Gasteiger partial charge is 0.478 e. The predicted octanol–water partition coefficient (Wildman–Crippen LogP) is 2.71. The van der Waals surface area contributed by atoms with Crippen molar-refractivity contribution in [2.45, 2.75) is 0 Å². The lowest BCUT2D eigenvalue weighted by atomic mass is 10.3. The van der Waals surface area contributed by atoms with Gasteiger partial charge in [0, 0.05) is 12.3 Å². The summed E-state index contributed by atoms with van der Waals surface area (Å²) < 4.78 is 12.6. The highest BCUT2D eigenvalue weighted by Gasteiger charge is 2.10. The molecule has 0 spiro atoms. The van der Waals surface area contributed by atoms with Gasteiger partial charge in [-0.2, -0.15) is 0 Å². The summed E-state index contributed by atoms with van der Waals surface area (Å²) in [5, 5.41) is 11.6. The number of carboxylic acids is 1. The molecule has 2 aromatic heterocycles. The van der Waals surface area contributed by atoms with Crippen LogP contribution in [0.5, 0.6) is 0 Å². The van der Waals surface area contributed by atoms with Crippen molar-refractivity contribution in [1.29, 1.82) is 0 Å². The Balaban J connectivity index is 2.22. The van der Waals surface area contributed by atoms with Crippen LogP contribution in [0.2, 0.25) is 5.02 Å². The van der Waals surface area contributed by atoms with E-state index in [9.17, 15) is 9.18 Å². The molecule has 0 atom stereocenters. The van der Waals surface area contributed by atoms with Crippen LogP contribution in [0.15, 0.2) is 30.6 Å². The minimum atomic E-state index is -1.15. The number of rotatable bonds is 3. The second kappa shape index (κ2) is 4.97. The van der Waals surface area contributed by atoms with Crippen molar-refractivity contribution in [3.8, 4) is 0 Å². The van der Waals surface area contributed by atoms with Crippen molar-refractivity contribution < 1.29 is 14.3 Å². The third kappa shape index (κ3) is 2.72. The van der Waals surface area contributed by atoms with Gasteiger partial charge < -0.3 is 10.4 Å². The monoisotopic (exact) mass is 267 g/mol. The first-order valence-corrected chi connectivity index (χ1v) is 5.21. The number of nitrogens with one attached hydrogen (secondary N) is 1. The van der Waals surface area contributed by atoms with Crippen LogP contribution < -0.4 is 5.32 Å². The lowest BCUT2D eigenvalue weighted by Gasteiger charge is -2.05. The number of anilines is 2. The molecular formula is C11H7ClFN3O2. The molecule has 2 aromatic rings. The molecule has 0 aliphatic rings. The van der Waals surface area contributed by atoms with Crippen LogP contribution in [0.3, 0.4) is 0 Å². The molecule has 0 aliphatic heterocycles. The first kappa shape index (κ1) is 12.3. The third-order valence-electron chi connectivity index (χ3n) is 2.07. The van der Waals surface area contributed by atoms with E-state index in [1.54, 1.807) is 0 Å². The SMILES string of the molecule is O=C(O)c1cnc(Nc2ccc(F)cn2)cc1Cl. The average Bonchev–Trinajstić information content (AvgIpc) is 2.32. The van der Waals surface area contributed by atoms with E-state index < -0.39 is 11.8 Å².